The summed E-state index contributed by atoms with van der Waals surface area (Å²) in [6.45, 7) is 2.56. The molecule has 0 aliphatic carbocycles. The van der Waals surface area contributed by atoms with Gasteiger partial charge in [-0.2, -0.15) is 0 Å². The first-order chi connectivity index (χ1) is 11.4. The van der Waals surface area contributed by atoms with Crippen molar-refractivity contribution in [2.24, 2.45) is 0 Å². The summed E-state index contributed by atoms with van der Waals surface area (Å²) in [4.78, 5) is 17.9. The van der Waals surface area contributed by atoms with Gasteiger partial charge in [-0.05, 0) is 5.56 Å². The molecule has 2 heterocycles. The number of likely N-dealkylation sites (N-methyl/N-ethyl adjacent to an activating group) is 1. The largest absolute Gasteiger partial charge is 0.348 e. The number of rotatable bonds is 4. The van der Waals surface area contributed by atoms with Crippen LogP contribution in [-0.2, 0) is 21.2 Å². The van der Waals surface area contributed by atoms with Crippen molar-refractivity contribution in [1.82, 2.24) is 14.7 Å². The van der Waals surface area contributed by atoms with Crippen molar-refractivity contribution >= 4 is 15.7 Å². The number of hydrogen-bond acceptors (Lipinski definition) is 5. The average molecular weight is 351 g/mol. The van der Waals surface area contributed by atoms with Gasteiger partial charge in [-0.15, -0.1) is 0 Å². The molecule has 2 aliphatic rings. The van der Waals surface area contributed by atoms with E-state index in [0.717, 1.165) is 19.6 Å². The molecule has 7 heteroatoms. The second-order valence-corrected chi connectivity index (χ2v) is 9.08. The Balaban J connectivity index is 1.76. The Kier molecular flexibility index (Phi) is 4.94. The molecule has 0 N–H and O–H groups in total. The molecule has 0 bridgehead atoms. The van der Waals surface area contributed by atoms with E-state index in [-0.39, 0.29) is 29.5 Å². The fourth-order valence-corrected chi connectivity index (χ4v) is 5.67. The van der Waals surface area contributed by atoms with E-state index in [9.17, 15) is 13.2 Å². The minimum Gasteiger partial charge on any atom is -0.348 e. The molecule has 3 rings (SSSR count). The minimum atomic E-state index is -3.05. The second-order valence-electron chi connectivity index (χ2n) is 6.93. The van der Waals surface area contributed by atoms with Gasteiger partial charge >= 0.3 is 0 Å². The van der Waals surface area contributed by atoms with Crippen molar-refractivity contribution in [3.8, 4) is 0 Å². The van der Waals surface area contributed by atoms with Crippen molar-refractivity contribution in [2.45, 2.75) is 18.6 Å². The quantitative estimate of drug-likeness (QED) is 0.768. The van der Waals surface area contributed by atoms with E-state index in [2.05, 4.69) is 21.9 Å². The summed E-state index contributed by atoms with van der Waals surface area (Å²) >= 11 is 0. The fraction of sp³-hybridized carbons (Fsp3) is 0.588. The van der Waals surface area contributed by atoms with Crippen LogP contribution < -0.4 is 0 Å². The van der Waals surface area contributed by atoms with Crippen LogP contribution in [0.5, 0.6) is 0 Å². The second kappa shape index (κ2) is 6.82. The van der Waals surface area contributed by atoms with E-state index in [1.54, 1.807) is 19.0 Å². The maximum absolute atomic E-state index is 12.2. The number of carbonyl (C=O) groups is 1. The number of piperazine rings is 1. The van der Waals surface area contributed by atoms with E-state index in [4.69, 9.17) is 0 Å². The summed E-state index contributed by atoms with van der Waals surface area (Å²) in [6, 6.07) is 10.0. The lowest BCUT2D eigenvalue weighted by Gasteiger charge is -2.43. The van der Waals surface area contributed by atoms with Gasteiger partial charge in [0, 0.05) is 45.8 Å². The van der Waals surface area contributed by atoms with Crippen molar-refractivity contribution < 1.29 is 13.2 Å². The first-order valence-corrected chi connectivity index (χ1v) is 10.1. The molecule has 0 aromatic heterocycles. The van der Waals surface area contributed by atoms with E-state index in [1.807, 2.05) is 18.2 Å². The number of amides is 1. The van der Waals surface area contributed by atoms with Crippen LogP contribution in [0, 0.1) is 0 Å². The Labute approximate surface area is 144 Å². The van der Waals surface area contributed by atoms with Crippen LogP contribution in [0.2, 0.25) is 0 Å². The molecule has 2 saturated heterocycles. The number of fused-ring (bicyclic) bond motifs is 1. The molecule has 2 atom stereocenters. The number of benzene rings is 1. The van der Waals surface area contributed by atoms with Gasteiger partial charge < -0.3 is 4.90 Å². The molecule has 0 spiro atoms. The average Bonchev–Trinajstić information content (AvgIpc) is 2.86. The third-order valence-electron chi connectivity index (χ3n) is 4.97. The molecule has 132 valence electrons. The molecule has 2 aliphatic heterocycles. The van der Waals surface area contributed by atoms with E-state index >= 15 is 0 Å². The summed E-state index contributed by atoms with van der Waals surface area (Å²) in [6.07, 6.45) is 0. The van der Waals surface area contributed by atoms with Crippen LogP contribution in [0.15, 0.2) is 30.3 Å². The highest BCUT2D eigenvalue weighted by Crippen LogP contribution is 2.28. The van der Waals surface area contributed by atoms with Gasteiger partial charge in [-0.25, -0.2) is 8.42 Å². The van der Waals surface area contributed by atoms with Crippen molar-refractivity contribution in [2.75, 3.05) is 45.2 Å². The SMILES string of the molecule is CN(C)C(=O)CN1CCN(Cc2ccccc2)[C@H]2CS(=O)(=O)C[C@H]21. The molecule has 1 aromatic carbocycles. The highest BCUT2D eigenvalue weighted by Gasteiger charge is 2.46. The van der Waals surface area contributed by atoms with E-state index in [1.165, 1.54) is 5.56 Å². The maximum Gasteiger partial charge on any atom is 0.236 e. The predicted molar refractivity (Wildman–Crippen MR) is 93.3 cm³/mol. The molecular weight excluding hydrogens is 326 g/mol. The first kappa shape index (κ1) is 17.4. The highest BCUT2D eigenvalue weighted by atomic mass is 32.2. The normalized spacial score (nSPS) is 26.9. The Morgan fingerprint density at radius 2 is 1.67 bits per heavy atom. The standard InChI is InChI=1S/C17H25N3O3S/c1-18(2)17(21)11-20-9-8-19(10-14-6-4-3-5-7-14)15-12-24(22,23)13-16(15)20/h3-7,15-16H,8-13H2,1-2H3/t15-,16+/m0/s1. The highest BCUT2D eigenvalue weighted by molar-refractivity contribution is 7.91. The van der Waals surface area contributed by atoms with Gasteiger partial charge in [-0.3, -0.25) is 14.6 Å². The summed E-state index contributed by atoms with van der Waals surface area (Å²) < 4.78 is 24.4. The summed E-state index contributed by atoms with van der Waals surface area (Å²) in [5, 5.41) is 0. The molecule has 24 heavy (non-hydrogen) atoms. The third-order valence-corrected chi connectivity index (χ3v) is 6.67. The first-order valence-electron chi connectivity index (χ1n) is 8.28. The Hall–Kier alpha value is -1.44. The summed E-state index contributed by atoms with van der Waals surface area (Å²) in [5.74, 6) is 0.371. The minimum absolute atomic E-state index is 0.0227. The summed E-state index contributed by atoms with van der Waals surface area (Å²) in [5.41, 5.74) is 1.19. The van der Waals surface area contributed by atoms with Crippen LogP contribution in [0.25, 0.3) is 0 Å². The lowest BCUT2D eigenvalue weighted by Crippen LogP contribution is -2.60. The molecule has 2 fully saturated rings. The lowest BCUT2D eigenvalue weighted by atomic mass is 10.0. The number of sulfone groups is 1. The van der Waals surface area contributed by atoms with Crippen LogP contribution in [0.1, 0.15) is 5.56 Å². The van der Waals surface area contributed by atoms with Crippen molar-refractivity contribution in [3.05, 3.63) is 35.9 Å². The van der Waals surface area contributed by atoms with Crippen LogP contribution in [-0.4, -0.2) is 86.3 Å². The van der Waals surface area contributed by atoms with Gasteiger partial charge in [0.15, 0.2) is 9.84 Å². The van der Waals surface area contributed by atoms with E-state index in [0.29, 0.717) is 6.54 Å². The Morgan fingerprint density at radius 1 is 1.08 bits per heavy atom. The molecule has 1 amide bonds. The Bertz CT molecular complexity index is 690. The van der Waals surface area contributed by atoms with Gasteiger partial charge in [0.25, 0.3) is 0 Å². The zero-order valence-electron chi connectivity index (χ0n) is 14.3. The van der Waals surface area contributed by atoms with E-state index < -0.39 is 9.84 Å². The van der Waals surface area contributed by atoms with Crippen LogP contribution in [0.4, 0.5) is 0 Å². The molecule has 0 radical (unpaired) electrons. The van der Waals surface area contributed by atoms with Crippen LogP contribution in [0.3, 0.4) is 0 Å². The molecule has 0 saturated carbocycles. The third kappa shape index (κ3) is 3.79. The number of hydrogen-bond donors (Lipinski definition) is 0. The van der Waals surface area contributed by atoms with Crippen molar-refractivity contribution in [1.29, 1.82) is 0 Å². The zero-order chi connectivity index (χ0) is 17.3. The van der Waals surface area contributed by atoms with Gasteiger partial charge in [0.1, 0.15) is 0 Å². The van der Waals surface area contributed by atoms with Gasteiger partial charge in [0.05, 0.1) is 18.1 Å². The predicted octanol–water partition coefficient (Wildman–Crippen LogP) is 0.0580. The smallest absolute Gasteiger partial charge is 0.236 e. The lowest BCUT2D eigenvalue weighted by molar-refractivity contribution is -0.131. The molecule has 0 unspecified atom stereocenters. The van der Waals surface area contributed by atoms with Crippen LogP contribution >= 0.6 is 0 Å². The Morgan fingerprint density at radius 3 is 2.29 bits per heavy atom. The number of nitrogens with zero attached hydrogens (tertiary/aromatic N) is 3. The molecular formula is C17H25N3O3S. The zero-order valence-corrected chi connectivity index (χ0v) is 15.1. The van der Waals surface area contributed by atoms with Gasteiger partial charge in [0.2, 0.25) is 5.91 Å². The molecule has 1 aromatic rings. The summed E-state index contributed by atoms with van der Waals surface area (Å²) in [7, 11) is 0.415. The monoisotopic (exact) mass is 351 g/mol. The van der Waals surface area contributed by atoms with Crippen molar-refractivity contribution in [3.63, 3.8) is 0 Å². The molecule has 6 nitrogen and oxygen atoms in total. The maximum atomic E-state index is 12.2. The number of carbonyl (C=O) groups excluding carboxylic acids is 1. The topological polar surface area (TPSA) is 60.9 Å². The fourth-order valence-electron chi connectivity index (χ4n) is 3.62. The van der Waals surface area contributed by atoms with Gasteiger partial charge in [-0.1, -0.05) is 30.3 Å².